The lowest BCUT2D eigenvalue weighted by Crippen LogP contribution is -2.19. The van der Waals surface area contributed by atoms with E-state index in [1.807, 2.05) is 30.3 Å². The third-order valence-corrected chi connectivity index (χ3v) is 4.76. The molecule has 0 aliphatic carbocycles. The molecular formula is C24H18FNO6. The number of hydrogen-bond acceptors (Lipinski definition) is 6. The smallest absolute Gasteiger partial charge is 0.331 e. The van der Waals surface area contributed by atoms with Crippen LogP contribution >= 0.6 is 0 Å². The first-order valence-electron chi connectivity index (χ1n) is 9.73. The zero-order chi connectivity index (χ0) is 22.5. The summed E-state index contributed by atoms with van der Waals surface area (Å²) in [6, 6.07) is 17.7. The number of nitro benzene ring substituents is 1. The molecule has 0 spiro atoms. The van der Waals surface area contributed by atoms with Crippen LogP contribution in [0.3, 0.4) is 0 Å². The lowest BCUT2D eigenvalue weighted by molar-refractivity contribution is -0.384. The van der Waals surface area contributed by atoms with Crippen LogP contribution in [0.2, 0.25) is 0 Å². The summed E-state index contributed by atoms with van der Waals surface area (Å²) in [5, 5.41) is 10.8. The Kier molecular flexibility index (Phi) is 6.23. The molecule has 8 heteroatoms. The third kappa shape index (κ3) is 4.98. The highest BCUT2D eigenvalue weighted by molar-refractivity contribution is 5.87. The van der Waals surface area contributed by atoms with Crippen molar-refractivity contribution in [3.05, 3.63) is 111 Å². The van der Waals surface area contributed by atoms with Crippen LogP contribution in [-0.2, 0) is 27.5 Å². The SMILES string of the molecule is O=C(/C=C/c1cccc([N+](=O)[O-])c1)OCc1cc(F)cc2c1OC(c1ccccc1)OC2. The van der Waals surface area contributed by atoms with Crippen LogP contribution in [0.5, 0.6) is 5.75 Å². The molecule has 0 N–H and O–H groups in total. The molecule has 0 radical (unpaired) electrons. The van der Waals surface area contributed by atoms with Gasteiger partial charge in [0, 0.05) is 34.9 Å². The molecule has 32 heavy (non-hydrogen) atoms. The molecule has 0 saturated heterocycles. The number of rotatable bonds is 6. The second-order valence-electron chi connectivity index (χ2n) is 7.02. The van der Waals surface area contributed by atoms with E-state index in [1.54, 1.807) is 6.07 Å². The van der Waals surface area contributed by atoms with Crippen molar-refractivity contribution in [2.45, 2.75) is 19.5 Å². The normalized spacial score (nSPS) is 15.1. The summed E-state index contributed by atoms with van der Waals surface area (Å²) in [5.74, 6) is -0.754. The highest BCUT2D eigenvalue weighted by atomic mass is 19.1. The predicted molar refractivity (Wildman–Crippen MR) is 113 cm³/mol. The minimum absolute atomic E-state index is 0.0840. The van der Waals surface area contributed by atoms with Gasteiger partial charge in [0.1, 0.15) is 18.2 Å². The fourth-order valence-corrected chi connectivity index (χ4v) is 3.26. The number of esters is 1. The fourth-order valence-electron chi connectivity index (χ4n) is 3.26. The third-order valence-electron chi connectivity index (χ3n) is 4.76. The van der Waals surface area contributed by atoms with Gasteiger partial charge < -0.3 is 14.2 Å². The number of fused-ring (bicyclic) bond motifs is 1. The highest BCUT2D eigenvalue weighted by Crippen LogP contribution is 2.36. The first-order valence-corrected chi connectivity index (χ1v) is 9.73. The summed E-state index contributed by atoms with van der Waals surface area (Å²) in [6.45, 7) is -0.0556. The topological polar surface area (TPSA) is 87.9 Å². The fraction of sp³-hybridized carbons (Fsp3) is 0.125. The van der Waals surface area contributed by atoms with Gasteiger partial charge >= 0.3 is 5.97 Å². The molecule has 0 fully saturated rings. The van der Waals surface area contributed by atoms with Gasteiger partial charge in [-0.05, 0) is 23.8 Å². The monoisotopic (exact) mass is 435 g/mol. The van der Waals surface area contributed by atoms with Crippen LogP contribution in [0, 0.1) is 15.9 Å². The Balaban J connectivity index is 1.46. The van der Waals surface area contributed by atoms with Gasteiger partial charge in [-0.2, -0.15) is 0 Å². The Morgan fingerprint density at radius 2 is 1.97 bits per heavy atom. The Labute approximate surface area is 182 Å². The molecule has 1 aliphatic rings. The number of non-ortho nitro benzene ring substituents is 1. The minimum atomic E-state index is -0.679. The van der Waals surface area contributed by atoms with Gasteiger partial charge in [-0.3, -0.25) is 10.1 Å². The summed E-state index contributed by atoms with van der Waals surface area (Å²) in [4.78, 5) is 22.5. The quantitative estimate of drug-likeness (QED) is 0.232. The molecule has 0 amide bonds. The van der Waals surface area contributed by atoms with Crippen molar-refractivity contribution in [3.8, 4) is 5.75 Å². The van der Waals surface area contributed by atoms with Crippen molar-refractivity contribution in [1.82, 2.24) is 0 Å². The molecule has 3 aromatic carbocycles. The number of carbonyl (C=O) groups excluding carboxylic acids is 1. The Morgan fingerprint density at radius 3 is 2.75 bits per heavy atom. The first-order chi connectivity index (χ1) is 15.5. The maximum atomic E-state index is 14.1. The molecule has 0 aromatic heterocycles. The zero-order valence-corrected chi connectivity index (χ0v) is 16.8. The van der Waals surface area contributed by atoms with Gasteiger partial charge in [-0.1, -0.05) is 42.5 Å². The lowest BCUT2D eigenvalue weighted by atomic mass is 10.1. The first kappa shape index (κ1) is 21.2. The number of ether oxygens (including phenoxy) is 3. The maximum absolute atomic E-state index is 14.1. The van der Waals surface area contributed by atoms with Crippen LogP contribution in [0.25, 0.3) is 6.08 Å². The summed E-state index contributed by atoms with van der Waals surface area (Å²) in [7, 11) is 0. The molecule has 1 aliphatic heterocycles. The van der Waals surface area contributed by atoms with Gasteiger partial charge in [-0.25, -0.2) is 9.18 Å². The van der Waals surface area contributed by atoms with E-state index in [0.29, 0.717) is 22.4 Å². The largest absolute Gasteiger partial charge is 0.460 e. The Hall–Kier alpha value is -4.04. The van der Waals surface area contributed by atoms with Gasteiger partial charge in [0.05, 0.1) is 11.5 Å². The van der Waals surface area contributed by atoms with Gasteiger partial charge in [0.2, 0.25) is 6.29 Å². The van der Waals surface area contributed by atoms with Gasteiger partial charge in [0.15, 0.2) is 0 Å². The van der Waals surface area contributed by atoms with E-state index in [2.05, 4.69) is 0 Å². The maximum Gasteiger partial charge on any atom is 0.331 e. The van der Waals surface area contributed by atoms with Crippen LogP contribution in [0.15, 0.2) is 72.8 Å². The summed E-state index contributed by atoms with van der Waals surface area (Å²) in [5.41, 5.74) is 2.10. The number of halogens is 1. The van der Waals surface area contributed by atoms with E-state index in [9.17, 15) is 19.3 Å². The standard InChI is InChI=1S/C24H18FNO6/c25-20-12-18(14-30-22(27)10-9-16-5-4-8-21(11-16)26(28)29)23-19(13-20)15-31-24(32-23)17-6-2-1-3-7-17/h1-13,24H,14-15H2/b10-9+. The van der Waals surface area contributed by atoms with Gasteiger partial charge in [-0.15, -0.1) is 0 Å². The van der Waals surface area contributed by atoms with E-state index in [4.69, 9.17) is 14.2 Å². The summed E-state index contributed by atoms with van der Waals surface area (Å²) < 4.78 is 30.9. The Morgan fingerprint density at radius 1 is 1.16 bits per heavy atom. The lowest BCUT2D eigenvalue weighted by Gasteiger charge is -2.28. The van der Waals surface area contributed by atoms with Crippen molar-refractivity contribution in [3.63, 3.8) is 0 Å². The molecule has 7 nitrogen and oxygen atoms in total. The molecule has 4 rings (SSSR count). The average Bonchev–Trinajstić information content (AvgIpc) is 2.81. The van der Waals surface area contributed by atoms with E-state index in [-0.39, 0.29) is 18.9 Å². The molecule has 1 unspecified atom stereocenters. The van der Waals surface area contributed by atoms with Crippen molar-refractivity contribution >= 4 is 17.7 Å². The van der Waals surface area contributed by atoms with E-state index in [1.165, 1.54) is 36.4 Å². The van der Waals surface area contributed by atoms with Crippen molar-refractivity contribution in [1.29, 1.82) is 0 Å². The molecular weight excluding hydrogens is 417 g/mol. The minimum Gasteiger partial charge on any atom is -0.460 e. The molecule has 0 bridgehead atoms. The van der Waals surface area contributed by atoms with E-state index >= 15 is 0 Å². The number of nitrogens with zero attached hydrogens (tertiary/aromatic N) is 1. The van der Waals surface area contributed by atoms with Crippen LogP contribution in [-0.4, -0.2) is 10.9 Å². The number of carbonyl (C=O) groups is 1. The number of nitro groups is 1. The van der Waals surface area contributed by atoms with Gasteiger partial charge in [0.25, 0.3) is 5.69 Å². The average molecular weight is 435 g/mol. The van der Waals surface area contributed by atoms with Crippen LogP contribution in [0.4, 0.5) is 10.1 Å². The Bertz CT molecular complexity index is 1180. The van der Waals surface area contributed by atoms with E-state index < -0.39 is 23.0 Å². The van der Waals surface area contributed by atoms with Crippen LogP contribution < -0.4 is 4.74 Å². The molecule has 1 heterocycles. The van der Waals surface area contributed by atoms with E-state index in [0.717, 1.165) is 11.6 Å². The predicted octanol–water partition coefficient (Wildman–Crippen LogP) is 5.10. The zero-order valence-electron chi connectivity index (χ0n) is 16.8. The van der Waals surface area contributed by atoms with Crippen LogP contribution in [0.1, 0.15) is 28.5 Å². The summed E-state index contributed by atoms with van der Waals surface area (Å²) in [6.07, 6.45) is 1.91. The van der Waals surface area contributed by atoms with Crippen molar-refractivity contribution < 1.29 is 28.3 Å². The summed E-state index contributed by atoms with van der Waals surface area (Å²) >= 11 is 0. The van der Waals surface area contributed by atoms with Crippen molar-refractivity contribution in [2.24, 2.45) is 0 Å². The highest BCUT2D eigenvalue weighted by Gasteiger charge is 2.25. The second-order valence-corrected chi connectivity index (χ2v) is 7.02. The number of benzene rings is 3. The molecule has 0 saturated carbocycles. The number of hydrogen-bond donors (Lipinski definition) is 0. The second kappa shape index (κ2) is 9.40. The van der Waals surface area contributed by atoms with Crippen molar-refractivity contribution in [2.75, 3.05) is 0 Å². The molecule has 1 atom stereocenters. The molecule has 3 aromatic rings. The molecule has 162 valence electrons.